The minimum absolute atomic E-state index is 0.649. The highest BCUT2D eigenvalue weighted by Gasteiger charge is 2.44. The maximum Gasteiger partial charge on any atom is 0.122 e. The van der Waals surface area contributed by atoms with Crippen LogP contribution in [0.3, 0.4) is 0 Å². The average molecular weight is 296 g/mol. The van der Waals surface area contributed by atoms with Crippen molar-refractivity contribution in [3.63, 3.8) is 0 Å². The summed E-state index contributed by atoms with van der Waals surface area (Å²) < 4.78 is 0. The minimum Gasteiger partial charge on any atom is -0.507 e. The van der Waals surface area contributed by atoms with E-state index >= 15 is 0 Å². The molecule has 0 radical (unpaired) electrons. The monoisotopic (exact) mass is 296 g/mol. The van der Waals surface area contributed by atoms with Crippen LogP contribution in [0.2, 0.25) is 0 Å². The summed E-state index contributed by atoms with van der Waals surface area (Å²) in [4.78, 5) is 0. The Kier molecular flexibility index (Phi) is 2.91. The lowest BCUT2D eigenvalue weighted by Crippen LogP contribution is -2.13. The molecular formula is C21H28O. The maximum absolute atomic E-state index is 11.1. The smallest absolute Gasteiger partial charge is 0.122 e. The van der Waals surface area contributed by atoms with E-state index in [1.165, 1.54) is 68.1 Å². The summed E-state index contributed by atoms with van der Waals surface area (Å²) in [5.74, 6) is 5.59. The van der Waals surface area contributed by atoms with Gasteiger partial charge in [-0.05, 0) is 92.1 Å². The molecule has 0 spiro atoms. The topological polar surface area (TPSA) is 20.2 Å². The Morgan fingerprint density at radius 1 is 0.773 bits per heavy atom. The molecule has 4 fully saturated rings. The van der Waals surface area contributed by atoms with Crippen LogP contribution in [-0.2, 0) is 0 Å². The molecule has 4 bridgehead atoms. The molecule has 1 N–H and O–H groups in total. The zero-order valence-corrected chi connectivity index (χ0v) is 13.7. The number of fused-ring (bicyclic) bond motifs is 4. The highest BCUT2D eigenvalue weighted by atomic mass is 16.3. The third-order valence-corrected chi connectivity index (χ3v) is 7.59. The number of aryl methyl sites for hydroxylation is 1. The Bertz CT molecular complexity index is 555. The summed E-state index contributed by atoms with van der Waals surface area (Å²) in [7, 11) is 0. The van der Waals surface area contributed by atoms with E-state index in [0.29, 0.717) is 17.6 Å². The van der Waals surface area contributed by atoms with Gasteiger partial charge in [0.05, 0.1) is 0 Å². The number of benzene rings is 1. The van der Waals surface area contributed by atoms with E-state index in [-0.39, 0.29) is 0 Å². The van der Waals surface area contributed by atoms with Gasteiger partial charge in [0.1, 0.15) is 5.75 Å². The fraction of sp³-hybridized carbons (Fsp3) is 0.714. The molecule has 0 heterocycles. The Morgan fingerprint density at radius 2 is 1.27 bits per heavy atom. The van der Waals surface area contributed by atoms with Gasteiger partial charge in [0, 0.05) is 0 Å². The van der Waals surface area contributed by atoms with Gasteiger partial charge in [-0.15, -0.1) is 0 Å². The van der Waals surface area contributed by atoms with Gasteiger partial charge in [-0.25, -0.2) is 0 Å². The van der Waals surface area contributed by atoms with E-state index in [2.05, 4.69) is 19.1 Å². The second kappa shape index (κ2) is 4.76. The first-order valence-electron chi connectivity index (χ1n) is 9.52. The number of phenolic OH excluding ortho intramolecular Hbond substituents is 1. The minimum atomic E-state index is 0.649. The van der Waals surface area contributed by atoms with Crippen LogP contribution < -0.4 is 0 Å². The molecule has 4 aliphatic rings. The molecule has 0 saturated heterocycles. The molecule has 4 saturated carbocycles. The van der Waals surface area contributed by atoms with Crippen molar-refractivity contribution in [2.75, 3.05) is 0 Å². The van der Waals surface area contributed by atoms with Crippen molar-refractivity contribution in [1.82, 2.24) is 0 Å². The van der Waals surface area contributed by atoms with Crippen molar-refractivity contribution in [2.45, 2.75) is 70.1 Å². The number of aromatic hydroxyl groups is 1. The van der Waals surface area contributed by atoms with Crippen molar-refractivity contribution >= 4 is 0 Å². The molecule has 4 aliphatic carbocycles. The summed E-state index contributed by atoms with van der Waals surface area (Å²) in [6, 6.07) is 4.61. The third kappa shape index (κ3) is 1.90. The fourth-order valence-electron chi connectivity index (χ4n) is 6.65. The maximum atomic E-state index is 11.1. The number of phenols is 1. The van der Waals surface area contributed by atoms with E-state index in [9.17, 15) is 5.11 Å². The lowest BCUT2D eigenvalue weighted by atomic mass is 9.77. The van der Waals surface area contributed by atoms with Crippen molar-refractivity contribution < 1.29 is 5.11 Å². The quantitative estimate of drug-likeness (QED) is 0.763. The molecule has 6 atom stereocenters. The fourth-order valence-corrected chi connectivity index (χ4v) is 6.65. The molecule has 118 valence electrons. The first-order valence-corrected chi connectivity index (χ1v) is 9.52. The molecule has 1 aromatic carbocycles. The Morgan fingerprint density at radius 3 is 1.64 bits per heavy atom. The van der Waals surface area contributed by atoms with Crippen LogP contribution in [0.1, 0.15) is 79.9 Å². The molecule has 1 nitrogen and oxygen atoms in total. The van der Waals surface area contributed by atoms with Gasteiger partial charge in [0.2, 0.25) is 0 Å². The second-order valence-corrected chi connectivity index (χ2v) is 8.85. The molecule has 0 aromatic heterocycles. The predicted molar refractivity (Wildman–Crippen MR) is 89.2 cm³/mol. The summed E-state index contributed by atoms with van der Waals surface area (Å²) in [5, 5.41) is 11.1. The molecule has 5 rings (SSSR count). The summed E-state index contributed by atoms with van der Waals surface area (Å²) in [6.45, 7) is 2.23. The summed E-state index contributed by atoms with van der Waals surface area (Å²) in [5.41, 5.74) is 3.99. The first kappa shape index (κ1) is 13.5. The van der Waals surface area contributed by atoms with Gasteiger partial charge in [-0.1, -0.05) is 30.5 Å². The van der Waals surface area contributed by atoms with Crippen molar-refractivity contribution in [2.24, 2.45) is 23.7 Å². The van der Waals surface area contributed by atoms with E-state index in [4.69, 9.17) is 0 Å². The molecule has 0 unspecified atom stereocenters. The Balaban J connectivity index is 1.53. The SMILES string of the molecule is Cc1cc([C@H]2C[C@H]3CC[C@H]2C3)c(O)c([C@H]2C[C@H]3CC[C@H]2C3)c1. The number of hydrogen-bond acceptors (Lipinski definition) is 1. The van der Waals surface area contributed by atoms with Crippen LogP contribution in [0.5, 0.6) is 5.75 Å². The van der Waals surface area contributed by atoms with Gasteiger partial charge >= 0.3 is 0 Å². The van der Waals surface area contributed by atoms with Crippen LogP contribution in [0.4, 0.5) is 0 Å². The normalized spacial score (nSPS) is 42.4. The molecule has 22 heavy (non-hydrogen) atoms. The van der Waals surface area contributed by atoms with Gasteiger partial charge in [0.15, 0.2) is 0 Å². The average Bonchev–Trinajstić information content (AvgIpc) is 3.29. The molecule has 0 aliphatic heterocycles. The van der Waals surface area contributed by atoms with Crippen molar-refractivity contribution in [3.05, 3.63) is 28.8 Å². The lowest BCUT2D eigenvalue weighted by Gasteiger charge is -2.28. The zero-order chi connectivity index (χ0) is 14.8. The van der Waals surface area contributed by atoms with Crippen molar-refractivity contribution in [1.29, 1.82) is 0 Å². The second-order valence-electron chi connectivity index (χ2n) is 8.85. The highest BCUT2D eigenvalue weighted by molar-refractivity contribution is 5.48. The highest BCUT2D eigenvalue weighted by Crippen LogP contribution is 2.58. The molecule has 1 aromatic rings. The summed E-state index contributed by atoms with van der Waals surface area (Å²) in [6.07, 6.45) is 11.2. The van der Waals surface area contributed by atoms with Gasteiger partial charge in [0.25, 0.3) is 0 Å². The Labute approximate surface area is 134 Å². The van der Waals surface area contributed by atoms with E-state index < -0.39 is 0 Å². The third-order valence-electron chi connectivity index (χ3n) is 7.59. The first-order chi connectivity index (χ1) is 10.7. The number of rotatable bonds is 2. The van der Waals surface area contributed by atoms with Crippen LogP contribution in [-0.4, -0.2) is 5.11 Å². The lowest BCUT2D eigenvalue weighted by molar-refractivity contribution is 0.376. The van der Waals surface area contributed by atoms with Crippen molar-refractivity contribution in [3.8, 4) is 5.75 Å². The van der Waals surface area contributed by atoms with Gasteiger partial charge in [-0.2, -0.15) is 0 Å². The standard InChI is InChI=1S/C21H28O/c1-12-6-19(17-10-13-2-4-15(17)8-13)21(22)20(7-12)18-11-14-3-5-16(18)9-14/h6-7,13-18,22H,2-5,8-11H2,1H3/t13-,14-,15-,16-,17-,18-/m0/s1. The Hall–Kier alpha value is -0.980. The van der Waals surface area contributed by atoms with Crippen LogP contribution in [0.25, 0.3) is 0 Å². The predicted octanol–water partition coefficient (Wildman–Crippen LogP) is 5.51. The molecule has 1 heteroatoms. The van der Waals surface area contributed by atoms with E-state index in [1.54, 1.807) is 0 Å². The number of hydrogen-bond donors (Lipinski definition) is 1. The van der Waals surface area contributed by atoms with Crippen LogP contribution >= 0.6 is 0 Å². The van der Waals surface area contributed by atoms with Gasteiger partial charge < -0.3 is 5.11 Å². The van der Waals surface area contributed by atoms with Crippen LogP contribution in [0, 0.1) is 30.6 Å². The molecule has 0 amide bonds. The van der Waals surface area contributed by atoms with Crippen LogP contribution in [0.15, 0.2) is 12.1 Å². The van der Waals surface area contributed by atoms with E-state index in [0.717, 1.165) is 23.7 Å². The van der Waals surface area contributed by atoms with Gasteiger partial charge in [-0.3, -0.25) is 0 Å². The molecular weight excluding hydrogens is 268 g/mol. The summed E-state index contributed by atoms with van der Waals surface area (Å²) >= 11 is 0. The zero-order valence-electron chi connectivity index (χ0n) is 13.7. The largest absolute Gasteiger partial charge is 0.507 e. The van der Waals surface area contributed by atoms with E-state index in [1.807, 2.05) is 0 Å².